The fourth-order valence-corrected chi connectivity index (χ4v) is 1.87. The van der Waals surface area contributed by atoms with Crippen LogP contribution in [-0.2, 0) is 0 Å². The van der Waals surface area contributed by atoms with Gasteiger partial charge in [-0.2, -0.15) is 0 Å². The van der Waals surface area contributed by atoms with Crippen LogP contribution in [0.3, 0.4) is 0 Å². The van der Waals surface area contributed by atoms with E-state index in [4.69, 9.17) is 5.73 Å². The molecular weight excluding hydrogens is 190 g/mol. The molecule has 1 aromatic heterocycles. The SMILES string of the molecule is NC(=O)c1ccc(N2CCCCC2)cn1. The standard InChI is InChI=1S/C11H15N3O/c12-11(15)10-5-4-9(8-13-10)14-6-2-1-3-7-14/h4-5,8H,1-3,6-7H2,(H2,12,15). The van der Waals surface area contributed by atoms with E-state index in [1.54, 1.807) is 12.3 Å². The molecule has 1 fully saturated rings. The molecular formula is C11H15N3O. The van der Waals surface area contributed by atoms with Crippen molar-refractivity contribution >= 4 is 11.6 Å². The van der Waals surface area contributed by atoms with Crippen LogP contribution in [0.2, 0.25) is 0 Å². The minimum atomic E-state index is -0.472. The van der Waals surface area contributed by atoms with E-state index >= 15 is 0 Å². The van der Waals surface area contributed by atoms with Crippen LogP contribution in [0.15, 0.2) is 18.3 Å². The van der Waals surface area contributed by atoms with Gasteiger partial charge >= 0.3 is 0 Å². The molecule has 2 heterocycles. The average molecular weight is 205 g/mol. The number of carbonyl (C=O) groups excluding carboxylic acids is 1. The Labute approximate surface area is 89.1 Å². The molecule has 0 spiro atoms. The largest absolute Gasteiger partial charge is 0.370 e. The molecule has 80 valence electrons. The molecule has 0 saturated carbocycles. The first-order valence-electron chi connectivity index (χ1n) is 5.28. The van der Waals surface area contributed by atoms with Gasteiger partial charge in [0, 0.05) is 13.1 Å². The fraction of sp³-hybridized carbons (Fsp3) is 0.455. The molecule has 0 atom stereocenters. The smallest absolute Gasteiger partial charge is 0.267 e. The lowest BCUT2D eigenvalue weighted by Crippen LogP contribution is -2.29. The molecule has 1 saturated heterocycles. The Bertz CT molecular complexity index is 341. The monoisotopic (exact) mass is 205 g/mol. The van der Waals surface area contributed by atoms with Crippen molar-refractivity contribution < 1.29 is 4.79 Å². The highest BCUT2D eigenvalue weighted by Gasteiger charge is 2.11. The van der Waals surface area contributed by atoms with Crippen molar-refractivity contribution in [3.63, 3.8) is 0 Å². The second-order valence-corrected chi connectivity index (χ2v) is 3.81. The molecule has 0 radical (unpaired) electrons. The number of piperidine rings is 1. The molecule has 2 N–H and O–H groups in total. The Morgan fingerprint density at radius 1 is 1.27 bits per heavy atom. The summed E-state index contributed by atoms with van der Waals surface area (Å²) in [6.07, 6.45) is 5.50. The zero-order valence-electron chi connectivity index (χ0n) is 8.65. The number of anilines is 1. The first-order chi connectivity index (χ1) is 7.27. The summed E-state index contributed by atoms with van der Waals surface area (Å²) in [6, 6.07) is 3.60. The molecule has 2 rings (SSSR count). The maximum absolute atomic E-state index is 10.8. The lowest BCUT2D eigenvalue weighted by molar-refractivity contribution is 0.0995. The van der Waals surface area contributed by atoms with Crippen LogP contribution in [0.4, 0.5) is 5.69 Å². The maximum atomic E-state index is 10.8. The van der Waals surface area contributed by atoms with Crippen molar-refractivity contribution in [2.24, 2.45) is 5.73 Å². The van der Waals surface area contributed by atoms with Crippen LogP contribution in [0.5, 0.6) is 0 Å². The van der Waals surface area contributed by atoms with Gasteiger partial charge in [0.25, 0.3) is 5.91 Å². The van der Waals surface area contributed by atoms with Crippen LogP contribution in [0.1, 0.15) is 29.8 Å². The Balaban J connectivity index is 2.11. The number of hydrogen-bond acceptors (Lipinski definition) is 3. The number of amides is 1. The maximum Gasteiger partial charge on any atom is 0.267 e. The van der Waals surface area contributed by atoms with Gasteiger partial charge in [0.1, 0.15) is 5.69 Å². The minimum Gasteiger partial charge on any atom is -0.370 e. The van der Waals surface area contributed by atoms with Gasteiger partial charge in [0.15, 0.2) is 0 Å². The summed E-state index contributed by atoms with van der Waals surface area (Å²) < 4.78 is 0. The van der Waals surface area contributed by atoms with Crippen molar-refractivity contribution in [2.45, 2.75) is 19.3 Å². The van der Waals surface area contributed by atoms with Crippen molar-refractivity contribution in [1.29, 1.82) is 0 Å². The number of primary amides is 1. The van der Waals surface area contributed by atoms with Crippen LogP contribution in [-0.4, -0.2) is 24.0 Å². The number of rotatable bonds is 2. The Morgan fingerprint density at radius 2 is 2.00 bits per heavy atom. The Kier molecular flexibility index (Phi) is 2.85. The van der Waals surface area contributed by atoms with E-state index < -0.39 is 5.91 Å². The number of pyridine rings is 1. The second kappa shape index (κ2) is 4.29. The number of aromatic nitrogens is 1. The molecule has 15 heavy (non-hydrogen) atoms. The molecule has 1 amide bonds. The summed E-state index contributed by atoms with van der Waals surface area (Å²) in [4.78, 5) is 17.2. The normalized spacial score (nSPS) is 16.4. The molecule has 0 aromatic carbocycles. The zero-order valence-corrected chi connectivity index (χ0v) is 8.65. The van der Waals surface area contributed by atoms with Gasteiger partial charge < -0.3 is 10.6 Å². The molecule has 1 aliphatic rings. The molecule has 0 bridgehead atoms. The highest BCUT2D eigenvalue weighted by molar-refractivity contribution is 5.90. The molecule has 0 aliphatic carbocycles. The number of nitrogens with two attached hydrogens (primary N) is 1. The van der Waals surface area contributed by atoms with Gasteiger partial charge in [-0.25, -0.2) is 4.98 Å². The van der Waals surface area contributed by atoms with Gasteiger partial charge in [-0.15, -0.1) is 0 Å². The molecule has 1 aliphatic heterocycles. The summed E-state index contributed by atoms with van der Waals surface area (Å²) in [7, 11) is 0. The Hall–Kier alpha value is -1.58. The van der Waals surface area contributed by atoms with E-state index in [1.807, 2.05) is 6.07 Å². The van der Waals surface area contributed by atoms with Crippen LogP contribution < -0.4 is 10.6 Å². The van der Waals surface area contributed by atoms with Gasteiger partial charge in [0.2, 0.25) is 0 Å². The lowest BCUT2D eigenvalue weighted by Gasteiger charge is -2.28. The van der Waals surface area contributed by atoms with Gasteiger partial charge in [-0.3, -0.25) is 4.79 Å². The van der Waals surface area contributed by atoms with Gasteiger partial charge in [-0.1, -0.05) is 0 Å². The summed E-state index contributed by atoms with van der Waals surface area (Å²) in [5.74, 6) is -0.472. The lowest BCUT2D eigenvalue weighted by atomic mass is 10.1. The average Bonchev–Trinajstić information content (AvgIpc) is 2.30. The topological polar surface area (TPSA) is 59.2 Å². The predicted octanol–water partition coefficient (Wildman–Crippen LogP) is 1.17. The number of nitrogens with zero attached hydrogens (tertiary/aromatic N) is 2. The van der Waals surface area contributed by atoms with E-state index in [0.29, 0.717) is 5.69 Å². The van der Waals surface area contributed by atoms with E-state index in [2.05, 4.69) is 9.88 Å². The first-order valence-corrected chi connectivity index (χ1v) is 5.28. The quantitative estimate of drug-likeness (QED) is 0.788. The first kappa shape index (κ1) is 9.96. The third-order valence-corrected chi connectivity index (χ3v) is 2.72. The van der Waals surface area contributed by atoms with E-state index in [1.165, 1.54) is 19.3 Å². The van der Waals surface area contributed by atoms with Crippen LogP contribution >= 0.6 is 0 Å². The van der Waals surface area contributed by atoms with Crippen LogP contribution in [0, 0.1) is 0 Å². The van der Waals surface area contributed by atoms with Crippen molar-refractivity contribution in [1.82, 2.24) is 4.98 Å². The third kappa shape index (κ3) is 2.26. The van der Waals surface area contributed by atoms with Crippen LogP contribution in [0.25, 0.3) is 0 Å². The van der Waals surface area contributed by atoms with Crippen molar-refractivity contribution in [2.75, 3.05) is 18.0 Å². The molecule has 4 heteroatoms. The van der Waals surface area contributed by atoms with Gasteiger partial charge in [-0.05, 0) is 31.4 Å². The third-order valence-electron chi connectivity index (χ3n) is 2.72. The van der Waals surface area contributed by atoms with Gasteiger partial charge in [0.05, 0.1) is 11.9 Å². The van der Waals surface area contributed by atoms with Crippen molar-refractivity contribution in [3.8, 4) is 0 Å². The minimum absolute atomic E-state index is 0.329. The molecule has 0 unspecified atom stereocenters. The summed E-state index contributed by atoms with van der Waals surface area (Å²) in [6.45, 7) is 2.16. The summed E-state index contributed by atoms with van der Waals surface area (Å²) in [5, 5.41) is 0. The molecule has 4 nitrogen and oxygen atoms in total. The zero-order chi connectivity index (χ0) is 10.7. The van der Waals surface area contributed by atoms with E-state index in [9.17, 15) is 4.79 Å². The highest BCUT2D eigenvalue weighted by Crippen LogP contribution is 2.18. The summed E-state index contributed by atoms with van der Waals surface area (Å²) >= 11 is 0. The van der Waals surface area contributed by atoms with Crippen molar-refractivity contribution in [3.05, 3.63) is 24.0 Å². The number of carbonyl (C=O) groups is 1. The van der Waals surface area contributed by atoms with E-state index in [-0.39, 0.29) is 0 Å². The second-order valence-electron chi connectivity index (χ2n) is 3.81. The summed E-state index contributed by atoms with van der Waals surface area (Å²) in [5.41, 5.74) is 6.54. The number of hydrogen-bond donors (Lipinski definition) is 1. The molecule has 1 aromatic rings. The highest BCUT2D eigenvalue weighted by atomic mass is 16.1. The fourth-order valence-electron chi connectivity index (χ4n) is 1.87. The predicted molar refractivity (Wildman–Crippen MR) is 58.8 cm³/mol. The van der Waals surface area contributed by atoms with E-state index in [0.717, 1.165) is 18.8 Å². The Morgan fingerprint density at radius 3 is 2.53 bits per heavy atom.